The van der Waals surface area contributed by atoms with Crippen molar-refractivity contribution in [2.45, 2.75) is 32.6 Å². The number of aromatic nitrogens is 1. The van der Waals surface area contributed by atoms with E-state index >= 15 is 0 Å². The van der Waals surface area contributed by atoms with E-state index in [-0.39, 0.29) is 6.54 Å². The second kappa shape index (κ2) is 5.85. The SMILES string of the molecule is Cc1cc(CNC(C)C(=O)NCC(F)(F)F)on1. The van der Waals surface area contributed by atoms with Crippen molar-refractivity contribution in [3.63, 3.8) is 0 Å². The quantitative estimate of drug-likeness (QED) is 0.837. The van der Waals surface area contributed by atoms with Gasteiger partial charge in [-0.3, -0.25) is 10.1 Å². The molecule has 1 aromatic heterocycles. The number of nitrogens with zero attached hydrogens (tertiary/aromatic N) is 1. The normalized spacial score (nSPS) is 13.4. The van der Waals surface area contributed by atoms with Crippen LogP contribution in [0, 0.1) is 6.92 Å². The highest BCUT2D eigenvalue weighted by molar-refractivity contribution is 5.81. The van der Waals surface area contributed by atoms with Crippen LogP contribution >= 0.6 is 0 Å². The maximum Gasteiger partial charge on any atom is 0.405 e. The van der Waals surface area contributed by atoms with Crippen molar-refractivity contribution in [2.75, 3.05) is 6.54 Å². The van der Waals surface area contributed by atoms with Crippen LogP contribution in [0.15, 0.2) is 10.6 Å². The van der Waals surface area contributed by atoms with Gasteiger partial charge in [-0.05, 0) is 13.8 Å². The van der Waals surface area contributed by atoms with E-state index in [9.17, 15) is 18.0 Å². The summed E-state index contributed by atoms with van der Waals surface area (Å²) in [5.41, 5.74) is 0.695. The number of hydrogen-bond donors (Lipinski definition) is 2. The van der Waals surface area contributed by atoms with Gasteiger partial charge in [0.25, 0.3) is 0 Å². The molecule has 5 nitrogen and oxygen atoms in total. The molecule has 1 rings (SSSR count). The molecule has 0 aromatic carbocycles. The summed E-state index contributed by atoms with van der Waals surface area (Å²) in [7, 11) is 0. The first-order valence-electron chi connectivity index (χ1n) is 5.28. The summed E-state index contributed by atoms with van der Waals surface area (Å²) in [5.74, 6) is -0.202. The van der Waals surface area contributed by atoms with Crippen molar-refractivity contribution in [2.24, 2.45) is 0 Å². The number of rotatable bonds is 5. The third-order valence-electron chi connectivity index (χ3n) is 2.12. The van der Waals surface area contributed by atoms with E-state index in [1.54, 1.807) is 18.3 Å². The lowest BCUT2D eigenvalue weighted by Crippen LogP contribution is -2.44. The van der Waals surface area contributed by atoms with Crippen LogP contribution in [0.4, 0.5) is 13.2 Å². The third kappa shape index (κ3) is 5.17. The van der Waals surface area contributed by atoms with Crippen molar-refractivity contribution in [1.82, 2.24) is 15.8 Å². The first-order chi connectivity index (χ1) is 8.28. The molecular formula is C10H14F3N3O2. The molecule has 0 aliphatic rings. The molecule has 1 atom stereocenters. The fourth-order valence-corrected chi connectivity index (χ4v) is 1.19. The molecular weight excluding hydrogens is 251 g/mol. The molecule has 18 heavy (non-hydrogen) atoms. The fraction of sp³-hybridized carbons (Fsp3) is 0.600. The lowest BCUT2D eigenvalue weighted by molar-refractivity contribution is -0.139. The van der Waals surface area contributed by atoms with E-state index < -0.39 is 24.7 Å². The molecule has 102 valence electrons. The Morgan fingerprint density at radius 2 is 2.22 bits per heavy atom. The Balaban J connectivity index is 2.32. The Hall–Kier alpha value is -1.57. The first-order valence-corrected chi connectivity index (χ1v) is 5.28. The molecule has 2 N–H and O–H groups in total. The molecule has 1 heterocycles. The zero-order chi connectivity index (χ0) is 13.8. The van der Waals surface area contributed by atoms with Gasteiger partial charge >= 0.3 is 6.18 Å². The summed E-state index contributed by atoms with van der Waals surface area (Å²) in [5, 5.41) is 8.17. The van der Waals surface area contributed by atoms with Gasteiger partial charge in [0.15, 0.2) is 5.76 Å². The fourth-order valence-electron chi connectivity index (χ4n) is 1.19. The van der Waals surface area contributed by atoms with E-state index in [2.05, 4.69) is 10.5 Å². The van der Waals surface area contributed by atoms with Crippen molar-refractivity contribution < 1.29 is 22.5 Å². The van der Waals surface area contributed by atoms with Crippen LogP contribution in [0.5, 0.6) is 0 Å². The Bertz CT molecular complexity index is 403. The Morgan fingerprint density at radius 1 is 1.56 bits per heavy atom. The van der Waals surface area contributed by atoms with Crippen molar-refractivity contribution in [1.29, 1.82) is 0 Å². The Kier molecular flexibility index (Phi) is 4.71. The van der Waals surface area contributed by atoms with Gasteiger partial charge in [-0.25, -0.2) is 0 Å². The van der Waals surface area contributed by atoms with E-state index in [1.165, 1.54) is 6.92 Å². The highest BCUT2D eigenvalue weighted by Crippen LogP contribution is 2.12. The molecule has 1 unspecified atom stereocenters. The van der Waals surface area contributed by atoms with Gasteiger partial charge in [-0.2, -0.15) is 13.2 Å². The van der Waals surface area contributed by atoms with E-state index in [0.29, 0.717) is 11.5 Å². The van der Waals surface area contributed by atoms with Crippen LogP contribution in [-0.2, 0) is 11.3 Å². The zero-order valence-corrected chi connectivity index (χ0v) is 9.97. The minimum Gasteiger partial charge on any atom is -0.360 e. The van der Waals surface area contributed by atoms with Crippen LogP contribution in [-0.4, -0.2) is 29.8 Å². The van der Waals surface area contributed by atoms with Crippen LogP contribution in [0.2, 0.25) is 0 Å². The Labute approximate surface area is 102 Å². The zero-order valence-electron chi connectivity index (χ0n) is 9.97. The summed E-state index contributed by atoms with van der Waals surface area (Å²) in [4.78, 5) is 11.3. The maximum atomic E-state index is 11.9. The highest BCUT2D eigenvalue weighted by atomic mass is 19.4. The number of carbonyl (C=O) groups excluding carboxylic acids is 1. The minimum absolute atomic E-state index is 0.224. The van der Waals surface area contributed by atoms with Crippen molar-refractivity contribution in [3.05, 3.63) is 17.5 Å². The standard InChI is InChI=1S/C10H14F3N3O2/c1-6-3-8(18-16-6)4-14-7(2)9(17)15-5-10(11,12)13/h3,7,14H,4-5H2,1-2H3,(H,15,17). The molecule has 0 saturated heterocycles. The van der Waals surface area contributed by atoms with Gasteiger partial charge in [0.2, 0.25) is 5.91 Å². The molecule has 8 heteroatoms. The lowest BCUT2D eigenvalue weighted by Gasteiger charge is -2.14. The number of carbonyl (C=O) groups is 1. The van der Waals surface area contributed by atoms with Gasteiger partial charge in [-0.1, -0.05) is 5.16 Å². The maximum absolute atomic E-state index is 11.9. The predicted octanol–water partition coefficient (Wildman–Crippen LogP) is 1.14. The molecule has 0 spiro atoms. The average molecular weight is 265 g/mol. The smallest absolute Gasteiger partial charge is 0.360 e. The molecule has 0 bridgehead atoms. The van der Waals surface area contributed by atoms with Crippen LogP contribution < -0.4 is 10.6 Å². The molecule has 0 fully saturated rings. The number of halogens is 3. The second-order valence-corrected chi connectivity index (χ2v) is 3.87. The minimum atomic E-state index is -4.41. The number of hydrogen-bond acceptors (Lipinski definition) is 4. The number of nitrogens with one attached hydrogen (secondary N) is 2. The predicted molar refractivity (Wildman–Crippen MR) is 56.6 cm³/mol. The highest BCUT2D eigenvalue weighted by Gasteiger charge is 2.28. The summed E-state index contributed by atoms with van der Waals surface area (Å²) >= 11 is 0. The van der Waals surface area contributed by atoms with Gasteiger partial charge in [-0.15, -0.1) is 0 Å². The summed E-state index contributed by atoms with van der Waals surface area (Å²) in [6.45, 7) is 2.10. The molecule has 1 aromatic rings. The molecule has 0 saturated carbocycles. The van der Waals surface area contributed by atoms with Gasteiger partial charge in [0, 0.05) is 6.07 Å². The number of alkyl halides is 3. The topological polar surface area (TPSA) is 67.2 Å². The van der Waals surface area contributed by atoms with Crippen LogP contribution in [0.1, 0.15) is 18.4 Å². The molecule has 0 aliphatic heterocycles. The molecule has 0 aliphatic carbocycles. The summed E-state index contributed by atoms with van der Waals surface area (Å²) in [6, 6.07) is 0.922. The summed E-state index contributed by atoms with van der Waals surface area (Å²) < 4.78 is 40.5. The third-order valence-corrected chi connectivity index (χ3v) is 2.12. The monoisotopic (exact) mass is 265 g/mol. The van der Waals surface area contributed by atoms with Crippen LogP contribution in [0.25, 0.3) is 0 Å². The van der Waals surface area contributed by atoms with E-state index in [1.807, 2.05) is 0 Å². The van der Waals surface area contributed by atoms with Crippen molar-refractivity contribution in [3.8, 4) is 0 Å². The average Bonchev–Trinajstić information content (AvgIpc) is 2.67. The number of aryl methyl sites for hydroxylation is 1. The first kappa shape index (κ1) is 14.5. The second-order valence-electron chi connectivity index (χ2n) is 3.87. The van der Waals surface area contributed by atoms with E-state index in [4.69, 9.17) is 4.52 Å². The van der Waals surface area contributed by atoms with Gasteiger partial charge in [0.1, 0.15) is 6.54 Å². The molecule has 0 radical (unpaired) electrons. The van der Waals surface area contributed by atoms with Gasteiger partial charge < -0.3 is 9.84 Å². The van der Waals surface area contributed by atoms with Crippen LogP contribution in [0.3, 0.4) is 0 Å². The number of amides is 1. The Morgan fingerprint density at radius 3 is 2.72 bits per heavy atom. The molecule has 1 amide bonds. The van der Waals surface area contributed by atoms with Gasteiger partial charge in [0.05, 0.1) is 18.3 Å². The largest absolute Gasteiger partial charge is 0.405 e. The lowest BCUT2D eigenvalue weighted by atomic mass is 10.3. The van der Waals surface area contributed by atoms with Crippen molar-refractivity contribution >= 4 is 5.91 Å². The summed E-state index contributed by atoms with van der Waals surface area (Å²) in [6.07, 6.45) is -4.41. The van der Waals surface area contributed by atoms with E-state index in [0.717, 1.165) is 0 Å².